The highest BCUT2D eigenvalue weighted by molar-refractivity contribution is 4.94. The van der Waals surface area contributed by atoms with Gasteiger partial charge in [-0.25, -0.2) is 0 Å². The van der Waals surface area contributed by atoms with E-state index in [4.69, 9.17) is 4.74 Å². The van der Waals surface area contributed by atoms with E-state index >= 15 is 0 Å². The first-order valence-corrected chi connectivity index (χ1v) is 4.55. The minimum atomic E-state index is -0.388. The highest BCUT2D eigenvalue weighted by Crippen LogP contribution is 1.93. The molecule has 0 saturated heterocycles. The molecule has 0 aromatic carbocycles. The van der Waals surface area contributed by atoms with Gasteiger partial charge in [0.15, 0.2) is 0 Å². The number of hydrogen-bond donors (Lipinski definition) is 1. The van der Waals surface area contributed by atoms with Gasteiger partial charge in [0.2, 0.25) is 0 Å². The zero-order valence-corrected chi connectivity index (χ0v) is 9.08. The van der Waals surface area contributed by atoms with Gasteiger partial charge in [-0.05, 0) is 20.9 Å². The lowest BCUT2D eigenvalue weighted by Gasteiger charge is -2.18. The van der Waals surface area contributed by atoms with Crippen LogP contribution in [0.2, 0.25) is 0 Å². The summed E-state index contributed by atoms with van der Waals surface area (Å²) in [6.07, 6.45) is 1.75. The molecular weight excluding hydrogens is 166 g/mol. The van der Waals surface area contributed by atoms with Gasteiger partial charge < -0.3 is 14.7 Å². The fourth-order valence-corrected chi connectivity index (χ4v) is 1.02. The number of aliphatic hydroxyl groups excluding tert-OH is 1. The Labute approximate surface area is 81.0 Å². The van der Waals surface area contributed by atoms with E-state index in [1.165, 1.54) is 5.57 Å². The molecule has 3 nitrogen and oxygen atoms in total. The third-order valence-electron chi connectivity index (χ3n) is 1.69. The van der Waals surface area contributed by atoms with E-state index in [0.29, 0.717) is 13.2 Å². The molecule has 0 aliphatic heterocycles. The zero-order chi connectivity index (χ0) is 10.3. The Balaban J connectivity index is 3.61. The predicted octanol–water partition coefficient (Wildman–Crippen LogP) is 0.892. The van der Waals surface area contributed by atoms with Gasteiger partial charge in [-0.3, -0.25) is 0 Å². The molecule has 0 fully saturated rings. The molecule has 1 N–H and O–H groups in total. The van der Waals surface area contributed by atoms with Gasteiger partial charge in [-0.1, -0.05) is 11.6 Å². The maximum Gasteiger partial charge on any atom is 0.0900 e. The van der Waals surface area contributed by atoms with Crippen molar-refractivity contribution >= 4 is 0 Å². The molecule has 1 atom stereocenters. The third-order valence-corrected chi connectivity index (χ3v) is 1.69. The zero-order valence-electron chi connectivity index (χ0n) is 9.08. The number of likely N-dealkylation sites (N-methyl/N-ethyl adjacent to an activating group) is 1. The van der Waals surface area contributed by atoms with E-state index in [1.54, 1.807) is 7.11 Å². The second-order valence-electron chi connectivity index (χ2n) is 3.61. The van der Waals surface area contributed by atoms with Gasteiger partial charge in [0, 0.05) is 20.2 Å². The van der Waals surface area contributed by atoms with Gasteiger partial charge >= 0.3 is 0 Å². The highest BCUT2D eigenvalue weighted by atomic mass is 16.5. The summed E-state index contributed by atoms with van der Waals surface area (Å²) in [5.41, 5.74) is 1.30. The second-order valence-corrected chi connectivity index (χ2v) is 3.61. The van der Waals surface area contributed by atoms with E-state index < -0.39 is 0 Å². The highest BCUT2D eigenvalue weighted by Gasteiger charge is 2.05. The van der Waals surface area contributed by atoms with Crippen molar-refractivity contribution in [3.8, 4) is 0 Å². The number of rotatable bonds is 6. The molecule has 13 heavy (non-hydrogen) atoms. The van der Waals surface area contributed by atoms with Gasteiger partial charge in [0.25, 0.3) is 0 Å². The molecule has 0 spiro atoms. The van der Waals surface area contributed by atoms with Crippen molar-refractivity contribution in [1.29, 1.82) is 0 Å². The van der Waals surface area contributed by atoms with Crippen molar-refractivity contribution in [2.75, 3.05) is 33.9 Å². The quantitative estimate of drug-likeness (QED) is 0.627. The smallest absolute Gasteiger partial charge is 0.0900 e. The molecule has 0 aromatic rings. The maximum absolute atomic E-state index is 9.40. The molecular formula is C10H21NO2. The minimum Gasteiger partial charge on any atom is -0.389 e. The van der Waals surface area contributed by atoms with E-state index in [0.717, 1.165) is 6.54 Å². The van der Waals surface area contributed by atoms with Gasteiger partial charge in [-0.15, -0.1) is 0 Å². The van der Waals surface area contributed by atoms with Crippen LogP contribution in [-0.2, 0) is 4.74 Å². The molecule has 0 radical (unpaired) electrons. The third kappa shape index (κ3) is 7.96. The maximum atomic E-state index is 9.40. The topological polar surface area (TPSA) is 32.7 Å². The molecule has 0 aliphatic carbocycles. The summed E-state index contributed by atoms with van der Waals surface area (Å²) >= 11 is 0. The molecule has 0 saturated carbocycles. The van der Waals surface area contributed by atoms with Crippen molar-refractivity contribution in [1.82, 2.24) is 4.90 Å². The Bertz CT molecular complexity index is 153. The van der Waals surface area contributed by atoms with Crippen LogP contribution in [-0.4, -0.2) is 50.0 Å². The number of allylic oxidation sites excluding steroid dienone is 1. The fraction of sp³-hybridized carbons (Fsp3) is 0.800. The number of methoxy groups -OCH3 is 1. The molecule has 0 aromatic heterocycles. The van der Waals surface area contributed by atoms with Crippen LogP contribution in [0.1, 0.15) is 13.8 Å². The van der Waals surface area contributed by atoms with Crippen molar-refractivity contribution < 1.29 is 9.84 Å². The Hall–Kier alpha value is -0.380. The lowest BCUT2D eigenvalue weighted by molar-refractivity contribution is 0.0454. The van der Waals surface area contributed by atoms with Gasteiger partial charge in [0.1, 0.15) is 0 Å². The summed E-state index contributed by atoms with van der Waals surface area (Å²) in [6.45, 7) is 6.07. The van der Waals surface area contributed by atoms with Crippen LogP contribution in [0.5, 0.6) is 0 Å². The van der Waals surface area contributed by atoms with Crippen LogP contribution in [0.4, 0.5) is 0 Å². The molecule has 3 heteroatoms. The van der Waals surface area contributed by atoms with Crippen molar-refractivity contribution in [3.63, 3.8) is 0 Å². The Morgan fingerprint density at radius 2 is 2.15 bits per heavy atom. The Kier molecular flexibility index (Phi) is 6.86. The summed E-state index contributed by atoms with van der Waals surface area (Å²) in [4.78, 5) is 2.07. The largest absolute Gasteiger partial charge is 0.389 e. The lowest BCUT2D eigenvalue weighted by atomic mass is 10.3. The summed E-state index contributed by atoms with van der Waals surface area (Å²) < 4.78 is 4.84. The summed E-state index contributed by atoms with van der Waals surface area (Å²) in [5, 5.41) is 9.40. The van der Waals surface area contributed by atoms with Crippen molar-refractivity contribution in [3.05, 3.63) is 11.6 Å². The predicted molar refractivity (Wildman–Crippen MR) is 54.8 cm³/mol. The Morgan fingerprint density at radius 1 is 1.54 bits per heavy atom. The minimum absolute atomic E-state index is 0.388. The van der Waals surface area contributed by atoms with E-state index in [9.17, 15) is 5.11 Å². The van der Waals surface area contributed by atoms with Crippen LogP contribution < -0.4 is 0 Å². The SMILES string of the molecule is COCC(O)CN(C)CC=C(C)C. The first-order chi connectivity index (χ1) is 6.06. The molecule has 0 rings (SSSR count). The first-order valence-electron chi connectivity index (χ1n) is 4.55. The van der Waals surface area contributed by atoms with E-state index in [1.807, 2.05) is 7.05 Å². The fourth-order valence-electron chi connectivity index (χ4n) is 1.02. The summed E-state index contributed by atoms with van der Waals surface area (Å²) in [6, 6.07) is 0. The van der Waals surface area contributed by atoms with Crippen LogP contribution in [0, 0.1) is 0 Å². The average molecular weight is 187 g/mol. The van der Waals surface area contributed by atoms with Crippen molar-refractivity contribution in [2.45, 2.75) is 20.0 Å². The summed E-state index contributed by atoms with van der Waals surface area (Å²) in [7, 11) is 3.58. The van der Waals surface area contributed by atoms with E-state index in [-0.39, 0.29) is 6.10 Å². The first kappa shape index (κ1) is 12.6. The second kappa shape index (κ2) is 7.06. The Morgan fingerprint density at radius 3 is 2.62 bits per heavy atom. The van der Waals surface area contributed by atoms with E-state index in [2.05, 4.69) is 24.8 Å². The van der Waals surface area contributed by atoms with Gasteiger partial charge in [-0.2, -0.15) is 0 Å². The van der Waals surface area contributed by atoms with Crippen molar-refractivity contribution in [2.24, 2.45) is 0 Å². The molecule has 0 heterocycles. The van der Waals surface area contributed by atoms with Gasteiger partial charge in [0.05, 0.1) is 12.7 Å². The number of hydrogen-bond acceptors (Lipinski definition) is 3. The van der Waals surface area contributed by atoms with Crippen LogP contribution in [0.15, 0.2) is 11.6 Å². The van der Waals surface area contributed by atoms with Crippen LogP contribution >= 0.6 is 0 Å². The lowest BCUT2D eigenvalue weighted by Crippen LogP contribution is -2.32. The summed E-state index contributed by atoms with van der Waals surface area (Å²) in [5.74, 6) is 0. The molecule has 78 valence electrons. The number of ether oxygens (including phenoxy) is 1. The standard InChI is InChI=1S/C10H21NO2/c1-9(2)5-6-11(3)7-10(12)8-13-4/h5,10,12H,6-8H2,1-4H3. The van der Waals surface area contributed by atoms with Crippen LogP contribution in [0.3, 0.4) is 0 Å². The monoisotopic (exact) mass is 187 g/mol. The molecule has 0 bridgehead atoms. The molecule has 0 amide bonds. The molecule has 0 aliphatic rings. The van der Waals surface area contributed by atoms with Crippen LogP contribution in [0.25, 0.3) is 0 Å². The molecule has 1 unspecified atom stereocenters. The normalized spacial score (nSPS) is 13.1. The average Bonchev–Trinajstić information content (AvgIpc) is 2.01. The number of nitrogens with zero attached hydrogens (tertiary/aromatic N) is 1. The number of aliphatic hydroxyl groups is 1.